The summed E-state index contributed by atoms with van der Waals surface area (Å²) in [6.07, 6.45) is 3.78. The first-order valence-electron chi connectivity index (χ1n) is 9.23. The van der Waals surface area contributed by atoms with Crippen molar-refractivity contribution in [3.8, 4) is 0 Å². The van der Waals surface area contributed by atoms with Gasteiger partial charge in [0.15, 0.2) is 0 Å². The molecular weight excluding hydrogens is 649 g/mol. The molecule has 2 atom stereocenters. The zero-order valence-electron chi connectivity index (χ0n) is 18.4. The number of carbonyl (C=O) groups excluding carboxylic acids is 2. The van der Waals surface area contributed by atoms with Crippen molar-refractivity contribution in [2.45, 2.75) is 24.9 Å². The second-order valence-corrected chi connectivity index (χ2v) is 14.8. The largest absolute Gasteiger partial charge is 0.107 e. The number of hydrogen-bond donors (Lipinski definition) is 2. The number of carbonyl (C=O) groups is 2. The van der Waals surface area contributed by atoms with Crippen LogP contribution in [-0.4, -0.2) is 121 Å². The molecule has 0 bridgehead atoms. The molecule has 0 aliphatic carbocycles. The molecule has 2 N–H and O–H groups in total. The van der Waals surface area contributed by atoms with Crippen molar-refractivity contribution in [2.75, 3.05) is 42.3 Å². The van der Waals surface area contributed by atoms with Gasteiger partial charge in [0.25, 0.3) is 0 Å². The molecule has 174 valence electrons. The number of carboxylic acid groups (broad SMARTS) is 2. The second kappa shape index (κ2) is 11.3. The van der Waals surface area contributed by atoms with Gasteiger partial charge in [0.2, 0.25) is 0 Å². The van der Waals surface area contributed by atoms with E-state index in [2.05, 4.69) is 19.9 Å². The minimum absolute atomic E-state index is 0. The van der Waals surface area contributed by atoms with Crippen molar-refractivity contribution in [1.29, 1.82) is 0 Å². The van der Waals surface area contributed by atoms with E-state index >= 15 is 0 Å². The summed E-state index contributed by atoms with van der Waals surface area (Å²) in [7, 11) is 10.9. The fraction of sp³-hybridized carbons (Fsp3) is 0.556. The number of aromatic amines is 2. The third-order valence-corrected chi connectivity index (χ3v) is 11.4. The Hall–Kier alpha value is -0.951. The summed E-state index contributed by atoms with van der Waals surface area (Å²) in [5.41, 5.74) is 1.60. The van der Waals surface area contributed by atoms with Crippen molar-refractivity contribution in [3.63, 3.8) is 0 Å². The molecule has 2 rings (SSSR count). The molecule has 0 fully saturated rings. The smallest absolute Gasteiger partial charge is 0.107 e. The molecule has 0 spiro atoms. The summed E-state index contributed by atoms with van der Waals surface area (Å²) in [6, 6.07) is -1.39. The van der Waals surface area contributed by atoms with Gasteiger partial charge in [0.1, 0.15) is 0 Å². The molecule has 0 aromatic carbocycles. The van der Waals surface area contributed by atoms with Gasteiger partial charge in [-0.15, -0.1) is 24.0 Å². The van der Waals surface area contributed by atoms with E-state index in [0.717, 1.165) is 20.6 Å². The maximum atomic E-state index is 11.6. The molecule has 0 saturated heterocycles. The normalized spacial score (nSPS) is 14.0. The SMILES string of the molecule is C[N+](C)(C)C(Cc1[nH]cnc1[Se][Se]c1nc[nH]c1CC(C(=O)[O-])[N+](C)(C)C)C(=O)[O-].I. The number of nitrogens with zero attached hydrogens (tertiary/aromatic N) is 4. The van der Waals surface area contributed by atoms with Gasteiger partial charge < -0.3 is 0 Å². The Labute approximate surface area is 210 Å². The van der Waals surface area contributed by atoms with E-state index in [1.807, 2.05) is 42.3 Å². The number of rotatable bonds is 11. The first kappa shape index (κ1) is 28.1. The van der Waals surface area contributed by atoms with Crippen LogP contribution in [0.15, 0.2) is 12.7 Å². The number of aromatic nitrogens is 4. The number of carboxylic acids is 2. The minimum Gasteiger partial charge on any atom is -0.107 e. The standard InChI is InChI=1S/C18H28N6O4Se2.HI/c1-23(2,3)13(17(25)26)7-11-15(21-9-19-11)29-30-16-12(20-10-22-16)8-14(18(27)28)24(4,5)6;/h9-10,13-14H,7-8H2,1-6H3,(H2-2,19,20,21,22,25,26,27,28);1H. The van der Waals surface area contributed by atoms with Crippen LogP contribution >= 0.6 is 24.0 Å². The molecule has 13 heteroatoms. The number of hydrogen-bond acceptors (Lipinski definition) is 6. The van der Waals surface area contributed by atoms with E-state index in [4.69, 9.17) is 0 Å². The van der Waals surface area contributed by atoms with Crippen LogP contribution in [0.3, 0.4) is 0 Å². The predicted molar refractivity (Wildman–Crippen MR) is 124 cm³/mol. The molecule has 31 heavy (non-hydrogen) atoms. The summed E-state index contributed by atoms with van der Waals surface area (Å²) in [5.74, 6) is -2.19. The Morgan fingerprint density at radius 2 is 1.16 bits per heavy atom. The third-order valence-electron chi connectivity index (χ3n) is 4.77. The van der Waals surface area contributed by atoms with Crippen LogP contribution in [0.4, 0.5) is 0 Å². The molecule has 0 radical (unpaired) electrons. The molecular formula is C18H29IN6O4Se2. The van der Waals surface area contributed by atoms with Gasteiger partial charge in [-0.05, 0) is 0 Å². The molecule has 0 aliphatic heterocycles. The molecule has 10 nitrogen and oxygen atoms in total. The number of H-pyrrole nitrogens is 2. The van der Waals surface area contributed by atoms with Gasteiger partial charge in [0, 0.05) is 0 Å². The number of imidazole rings is 2. The van der Waals surface area contributed by atoms with Crippen LogP contribution in [0, 0.1) is 0 Å². The number of nitrogens with one attached hydrogen (secondary N) is 2. The van der Waals surface area contributed by atoms with Gasteiger partial charge in [-0.3, -0.25) is 0 Å². The molecule has 2 aromatic rings. The average molecular weight is 678 g/mol. The van der Waals surface area contributed by atoms with Gasteiger partial charge in [0.05, 0.1) is 0 Å². The van der Waals surface area contributed by atoms with Gasteiger partial charge in [-0.1, -0.05) is 0 Å². The van der Waals surface area contributed by atoms with Gasteiger partial charge in [-0.25, -0.2) is 0 Å². The van der Waals surface area contributed by atoms with Crippen molar-refractivity contribution in [2.24, 2.45) is 0 Å². The number of aliphatic carboxylic acids is 2. The monoisotopic (exact) mass is 680 g/mol. The van der Waals surface area contributed by atoms with E-state index in [0.29, 0.717) is 12.8 Å². The van der Waals surface area contributed by atoms with Crippen LogP contribution < -0.4 is 19.4 Å². The first-order chi connectivity index (χ1) is 13.8. The topological polar surface area (TPSA) is 138 Å². The van der Waals surface area contributed by atoms with Crippen molar-refractivity contribution >= 4 is 71.4 Å². The summed E-state index contributed by atoms with van der Waals surface area (Å²) >= 11 is -0.0809. The third kappa shape index (κ3) is 7.85. The number of likely N-dealkylation sites (N-methyl/N-ethyl adjacent to an activating group) is 2. The van der Waals surface area contributed by atoms with Crippen molar-refractivity contribution < 1.29 is 28.8 Å². The second-order valence-electron chi connectivity index (χ2n) is 8.85. The maximum absolute atomic E-state index is 11.6. The summed E-state index contributed by atoms with van der Waals surface area (Å²) in [5, 5.41) is 23.2. The quantitative estimate of drug-likeness (QED) is 0.141. The van der Waals surface area contributed by atoms with E-state index in [-0.39, 0.29) is 59.2 Å². The average Bonchev–Trinajstić information content (AvgIpc) is 3.21. The zero-order valence-corrected chi connectivity index (χ0v) is 24.1. The van der Waals surface area contributed by atoms with E-state index in [1.54, 1.807) is 12.7 Å². The zero-order chi connectivity index (χ0) is 22.7. The summed E-state index contributed by atoms with van der Waals surface area (Å²) in [6.45, 7) is 0. The molecule has 0 amide bonds. The van der Waals surface area contributed by atoms with Crippen LogP contribution in [0.5, 0.6) is 0 Å². The Morgan fingerprint density at radius 1 is 0.839 bits per heavy atom. The summed E-state index contributed by atoms with van der Waals surface area (Å²) < 4.78 is 2.22. The first-order valence-corrected chi connectivity index (χ1v) is 15.3. The molecule has 0 aliphatic rings. The van der Waals surface area contributed by atoms with Crippen molar-refractivity contribution in [1.82, 2.24) is 19.9 Å². The van der Waals surface area contributed by atoms with E-state index in [9.17, 15) is 19.8 Å². The summed E-state index contributed by atoms with van der Waals surface area (Å²) in [4.78, 5) is 38.1. The molecule has 2 heterocycles. The van der Waals surface area contributed by atoms with E-state index in [1.165, 1.54) is 0 Å². The van der Waals surface area contributed by atoms with Crippen LogP contribution in [0.1, 0.15) is 11.4 Å². The van der Waals surface area contributed by atoms with E-state index < -0.39 is 24.0 Å². The Bertz CT molecular complexity index is 818. The Morgan fingerprint density at radius 3 is 1.42 bits per heavy atom. The van der Waals surface area contributed by atoms with Gasteiger partial charge >= 0.3 is 187 Å². The number of halogens is 1. The molecule has 0 saturated carbocycles. The predicted octanol–water partition coefficient (Wildman–Crippen LogP) is -4.24. The Balaban J connectivity index is 0.00000480. The number of quaternary nitrogens is 2. The molecule has 2 unspecified atom stereocenters. The fourth-order valence-electron chi connectivity index (χ4n) is 2.87. The molecule has 2 aromatic heterocycles. The fourth-order valence-corrected chi connectivity index (χ4v) is 9.47. The minimum atomic E-state index is -1.09. The van der Waals surface area contributed by atoms with Crippen LogP contribution in [0.2, 0.25) is 0 Å². The van der Waals surface area contributed by atoms with Crippen LogP contribution in [0.25, 0.3) is 0 Å². The maximum Gasteiger partial charge on any atom is -0.107 e. The van der Waals surface area contributed by atoms with Crippen molar-refractivity contribution in [3.05, 3.63) is 24.0 Å². The van der Waals surface area contributed by atoms with Gasteiger partial charge in [-0.2, -0.15) is 0 Å². The van der Waals surface area contributed by atoms with Crippen LogP contribution in [-0.2, 0) is 22.4 Å². The Kier molecular flexibility index (Phi) is 10.2.